The topological polar surface area (TPSA) is 122 Å². The van der Waals surface area contributed by atoms with E-state index in [4.69, 9.17) is 15.6 Å². The molecule has 5 N–H and O–H groups in total. The fourth-order valence-corrected chi connectivity index (χ4v) is 0.794. The van der Waals surface area contributed by atoms with Gasteiger partial charge in [0.15, 0.2) is 0 Å². The Balaban J connectivity index is 3.97. The minimum atomic E-state index is -1.44. The van der Waals surface area contributed by atoms with Gasteiger partial charge in [-0.15, -0.1) is 0 Å². The highest BCUT2D eigenvalue weighted by Gasteiger charge is 2.23. The van der Waals surface area contributed by atoms with Crippen molar-refractivity contribution in [2.75, 3.05) is 6.54 Å². The maximum Gasteiger partial charge on any atom is 0.407 e. The van der Waals surface area contributed by atoms with Crippen LogP contribution in [-0.4, -0.2) is 46.6 Å². The van der Waals surface area contributed by atoms with Crippen molar-refractivity contribution in [3.8, 4) is 0 Å². The Labute approximate surface area is 93.6 Å². The number of carbonyl (C=O) groups is 2. The van der Waals surface area contributed by atoms with Crippen LogP contribution in [0, 0.1) is 0 Å². The standard InChI is InChI=1S/C9H18N2O5/c1-9(2,3)16-8(15)11-4-5(12)6(10)7(13)14/h5-6,12H,4,10H2,1-3H3,(H,11,15)(H,13,14)/t5-,6-/m0/s1. The highest BCUT2D eigenvalue weighted by molar-refractivity contribution is 5.74. The van der Waals surface area contributed by atoms with Crippen LogP contribution >= 0.6 is 0 Å². The molecule has 0 aromatic rings. The Kier molecular flexibility index (Phi) is 5.19. The Morgan fingerprint density at radius 3 is 2.31 bits per heavy atom. The molecule has 0 spiro atoms. The number of hydrogen-bond donors (Lipinski definition) is 4. The van der Waals surface area contributed by atoms with Gasteiger partial charge in [0.25, 0.3) is 0 Å². The van der Waals surface area contributed by atoms with E-state index in [0.717, 1.165) is 0 Å². The van der Waals surface area contributed by atoms with E-state index in [9.17, 15) is 14.7 Å². The summed E-state index contributed by atoms with van der Waals surface area (Å²) >= 11 is 0. The van der Waals surface area contributed by atoms with Gasteiger partial charge in [0.1, 0.15) is 11.6 Å². The van der Waals surface area contributed by atoms with Gasteiger partial charge in [0.2, 0.25) is 0 Å². The van der Waals surface area contributed by atoms with Crippen molar-refractivity contribution in [2.45, 2.75) is 38.5 Å². The minimum absolute atomic E-state index is 0.275. The fraction of sp³-hybridized carbons (Fsp3) is 0.778. The monoisotopic (exact) mass is 234 g/mol. The molecule has 94 valence electrons. The third-order valence-electron chi connectivity index (χ3n) is 1.55. The molecule has 1 amide bonds. The number of carboxylic acid groups (broad SMARTS) is 1. The maximum absolute atomic E-state index is 11.1. The molecule has 2 atom stereocenters. The molecular formula is C9H18N2O5. The summed E-state index contributed by atoms with van der Waals surface area (Å²) in [5.41, 5.74) is 4.48. The van der Waals surface area contributed by atoms with Crippen LogP contribution in [0.25, 0.3) is 0 Å². The number of alkyl carbamates (subject to hydrolysis) is 1. The summed E-state index contributed by atoms with van der Waals surface area (Å²) in [4.78, 5) is 21.5. The van der Waals surface area contributed by atoms with E-state index in [1.165, 1.54) is 0 Å². The third-order valence-corrected chi connectivity index (χ3v) is 1.55. The SMILES string of the molecule is CC(C)(C)OC(=O)NC[C@H](O)[C@H](N)C(=O)O. The summed E-state index contributed by atoms with van der Waals surface area (Å²) in [6.07, 6.45) is -2.09. The first-order valence-corrected chi connectivity index (χ1v) is 4.77. The van der Waals surface area contributed by atoms with Gasteiger partial charge in [-0.1, -0.05) is 0 Å². The fourth-order valence-electron chi connectivity index (χ4n) is 0.794. The van der Waals surface area contributed by atoms with Crippen molar-refractivity contribution in [1.29, 1.82) is 0 Å². The zero-order valence-corrected chi connectivity index (χ0v) is 9.56. The van der Waals surface area contributed by atoms with E-state index in [0.29, 0.717) is 0 Å². The number of ether oxygens (including phenoxy) is 1. The van der Waals surface area contributed by atoms with Gasteiger partial charge in [-0.3, -0.25) is 4.79 Å². The second-order valence-electron chi connectivity index (χ2n) is 4.31. The quantitative estimate of drug-likeness (QED) is 0.509. The molecule has 0 bridgehead atoms. The second kappa shape index (κ2) is 5.66. The predicted octanol–water partition coefficient (Wildman–Crippen LogP) is -0.716. The number of nitrogens with two attached hydrogens (primary N) is 1. The second-order valence-corrected chi connectivity index (χ2v) is 4.31. The normalized spacial score (nSPS) is 15.1. The van der Waals surface area contributed by atoms with Crippen molar-refractivity contribution in [3.63, 3.8) is 0 Å². The van der Waals surface area contributed by atoms with E-state index in [1.807, 2.05) is 0 Å². The largest absolute Gasteiger partial charge is 0.480 e. The van der Waals surface area contributed by atoms with Crippen LogP contribution in [0.15, 0.2) is 0 Å². The minimum Gasteiger partial charge on any atom is -0.480 e. The van der Waals surface area contributed by atoms with E-state index in [2.05, 4.69) is 5.32 Å². The molecule has 7 heteroatoms. The van der Waals surface area contributed by atoms with Crippen molar-refractivity contribution in [2.24, 2.45) is 5.73 Å². The number of rotatable bonds is 4. The Hall–Kier alpha value is -1.34. The van der Waals surface area contributed by atoms with Crippen molar-refractivity contribution < 1.29 is 24.5 Å². The first-order chi connectivity index (χ1) is 7.13. The average molecular weight is 234 g/mol. The molecule has 0 aliphatic rings. The molecule has 0 heterocycles. The van der Waals surface area contributed by atoms with Gasteiger partial charge in [-0.25, -0.2) is 4.79 Å². The molecule has 0 rings (SSSR count). The van der Waals surface area contributed by atoms with Crippen LogP contribution in [0.2, 0.25) is 0 Å². The summed E-state index contributed by atoms with van der Waals surface area (Å²) in [5.74, 6) is -1.33. The first-order valence-electron chi connectivity index (χ1n) is 4.77. The number of nitrogens with one attached hydrogen (secondary N) is 1. The molecule has 0 radical (unpaired) electrons. The van der Waals surface area contributed by atoms with Gasteiger partial charge in [-0.05, 0) is 20.8 Å². The molecule has 0 aliphatic heterocycles. The molecule has 0 unspecified atom stereocenters. The number of carbonyl (C=O) groups excluding carboxylic acids is 1. The van der Waals surface area contributed by atoms with E-state index >= 15 is 0 Å². The van der Waals surface area contributed by atoms with Gasteiger partial charge < -0.3 is 26.0 Å². The van der Waals surface area contributed by atoms with Crippen molar-refractivity contribution >= 4 is 12.1 Å². The molecule has 0 fully saturated rings. The number of aliphatic carboxylic acids is 1. The molecular weight excluding hydrogens is 216 g/mol. The van der Waals surface area contributed by atoms with Gasteiger partial charge in [0.05, 0.1) is 6.10 Å². The van der Waals surface area contributed by atoms with Crippen molar-refractivity contribution in [3.05, 3.63) is 0 Å². The number of aliphatic hydroxyl groups excluding tert-OH is 1. The predicted molar refractivity (Wildman–Crippen MR) is 55.9 cm³/mol. The lowest BCUT2D eigenvalue weighted by Gasteiger charge is -2.21. The summed E-state index contributed by atoms with van der Waals surface area (Å²) < 4.78 is 4.88. The molecule has 16 heavy (non-hydrogen) atoms. The van der Waals surface area contributed by atoms with Crippen LogP contribution in [0.5, 0.6) is 0 Å². The first kappa shape index (κ1) is 14.7. The molecule has 0 aromatic heterocycles. The summed E-state index contributed by atoms with van der Waals surface area (Å²) in [6, 6.07) is -1.44. The molecule has 0 saturated carbocycles. The number of carboxylic acids is 1. The summed E-state index contributed by atoms with van der Waals surface area (Å²) in [5, 5.41) is 20.0. The number of aliphatic hydroxyl groups is 1. The summed E-state index contributed by atoms with van der Waals surface area (Å²) in [6.45, 7) is 4.78. The van der Waals surface area contributed by atoms with Crippen molar-refractivity contribution in [1.82, 2.24) is 5.32 Å². The lowest BCUT2D eigenvalue weighted by atomic mass is 10.2. The van der Waals surface area contributed by atoms with Crippen LogP contribution in [0.4, 0.5) is 4.79 Å². The Morgan fingerprint density at radius 2 is 1.94 bits per heavy atom. The highest BCUT2D eigenvalue weighted by Crippen LogP contribution is 2.06. The maximum atomic E-state index is 11.1. The Morgan fingerprint density at radius 1 is 1.44 bits per heavy atom. The molecule has 0 aliphatic carbocycles. The van der Waals surface area contributed by atoms with E-state index in [-0.39, 0.29) is 6.54 Å². The van der Waals surface area contributed by atoms with Crippen LogP contribution in [-0.2, 0) is 9.53 Å². The van der Waals surface area contributed by atoms with Crippen LogP contribution < -0.4 is 11.1 Å². The van der Waals surface area contributed by atoms with E-state index < -0.39 is 29.8 Å². The average Bonchev–Trinajstić information content (AvgIpc) is 2.09. The van der Waals surface area contributed by atoms with Gasteiger partial charge >= 0.3 is 12.1 Å². The smallest absolute Gasteiger partial charge is 0.407 e. The lowest BCUT2D eigenvalue weighted by molar-refractivity contribution is -0.141. The number of hydrogen-bond acceptors (Lipinski definition) is 5. The van der Waals surface area contributed by atoms with Gasteiger partial charge in [-0.2, -0.15) is 0 Å². The molecule has 0 saturated heterocycles. The van der Waals surface area contributed by atoms with Crippen LogP contribution in [0.3, 0.4) is 0 Å². The zero-order chi connectivity index (χ0) is 12.9. The zero-order valence-electron chi connectivity index (χ0n) is 9.56. The summed E-state index contributed by atoms with van der Waals surface area (Å²) in [7, 11) is 0. The van der Waals surface area contributed by atoms with Gasteiger partial charge in [0, 0.05) is 6.54 Å². The highest BCUT2D eigenvalue weighted by atomic mass is 16.6. The number of amides is 1. The third kappa shape index (κ3) is 6.20. The lowest BCUT2D eigenvalue weighted by Crippen LogP contribution is -2.48. The van der Waals surface area contributed by atoms with Crippen LogP contribution in [0.1, 0.15) is 20.8 Å². The molecule has 0 aromatic carbocycles. The molecule has 7 nitrogen and oxygen atoms in total. The van der Waals surface area contributed by atoms with E-state index in [1.54, 1.807) is 20.8 Å². The Bertz CT molecular complexity index is 261.